The highest BCUT2D eigenvalue weighted by atomic mass is 16.2. The van der Waals surface area contributed by atoms with Gasteiger partial charge in [-0.15, -0.1) is 0 Å². The fraction of sp³-hybridized carbons (Fsp3) is 0.409. The molecule has 2 aliphatic heterocycles. The third kappa shape index (κ3) is 2.56. The Morgan fingerprint density at radius 1 is 1.19 bits per heavy atom. The van der Waals surface area contributed by atoms with Gasteiger partial charge in [0.15, 0.2) is 0 Å². The number of allylic oxidation sites excluding steroid dienone is 3. The number of likely N-dealkylation sites (tertiary alicyclic amines) is 1. The minimum absolute atomic E-state index is 0.186. The zero-order valence-corrected chi connectivity index (χ0v) is 15.3. The molecule has 1 N–H and O–H groups in total. The molecule has 0 atom stereocenters. The summed E-state index contributed by atoms with van der Waals surface area (Å²) in [4.78, 5) is 21.0. The number of aromatic nitrogens is 1. The number of aromatic amines is 1. The standard InChI is InChI=1S/C22H25N3O/c1-15-7-10-24(11-8-15)22(26)16-5-6-20-18(13-16)19-14-25(17-3-2-4-17)12-9-21(19)23-20/h2-6,13,15,23H,7-12,14H2,1H3. The van der Waals surface area contributed by atoms with Gasteiger partial charge in [-0.25, -0.2) is 0 Å². The van der Waals surface area contributed by atoms with E-state index in [0.717, 1.165) is 62.4 Å². The summed E-state index contributed by atoms with van der Waals surface area (Å²) in [6, 6.07) is 6.18. The van der Waals surface area contributed by atoms with E-state index in [1.807, 2.05) is 11.0 Å². The Hall–Kier alpha value is -2.49. The summed E-state index contributed by atoms with van der Waals surface area (Å²) in [5.41, 5.74) is 5.98. The van der Waals surface area contributed by atoms with Crippen LogP contribution in [-0.2, 0) is 13.0 Å². The second kappa shape index (κ2) is 6.04. The molecule has 2 aromatic rings. The number of hydrogen-bond acceptors (Lipinski definition) is 2. The van der Waals surface area contributed by atoms with Crippen molar-refractivity contribution in [3.05, 3.63) is 58.9 Å². The Morgan fingerprint density at radius 3 is 2.73 bits per heavy atom. The number of hydrogen-bond donors (Lipinski definition) is 1. The molecule has 5 rings (SSSR count). The van der Waals surface area contributed by atoms with Crippen molar-refractivity contribution in [3.8, 4) is 0 Å². The third-order valence-corrected chi connectivity index (χ3v) is 6.19. The van der Waals surface area contributed by atoms with Crippen molar-refractivity contribution in [2.24, 2.45) is 5.92 Å². The second-order valence-corrected chi connectivity index (χ2v) is 7.94. The van der Waals surface area contributed by atoms with Gasteiger partial charge in [-0.3, -0.25) is 4.79 Å². The third-order valence-electron chi connectivity index (χ3n) is 6.19. The van der Waals surface area contributed by atoms with Crippen molar-refractivity contribution in [2.75, 3.05) is 19.6 Å². The number of carbonyl (C=O) groups is 1. The highest BCUT2D eigenvalue weighted by Gasteiger charge is 2.25. The number of piperidine rings is 1. The van der Waals surface area contributed by atoms with E-state index < -0.39 is 0 Å². The number of H-pyrrole nitrogens is 1. The Balaban J connectivity index is 1.45. The monoisotopic (exact) mass is 347 g/mol. The summed E-state index contributed by atoms with van der Waals surface area (Å²) in [5.74, 6) is 0.921. The van der Waals surface area contributed by atoms with Crippen LogP contribution in [-0.4, -0.2) is 40.3 Å². The Bertz CT molecular complexity index is 928. The second-order valence-electron chi connectivity index (χ2n) is 7.94. The molecule has 3 aliphatic rings. The van der Waals surface area contributed by atoms with Crippen LogP contribution < -0.4 is 0 Å². The van der Waals surface area contributed by atoms with Crippen LogP contribution in [0.15, 0.2) is 42.1 Å². The van der Waals surface area contributed by atoms with Crippen LogP contribution in [0.4, 0.5) is 0 Å². The van der Waals surface area contributed by atoms with Gasteiger partial charge in [-0.05, 0) is 49.1 Å². The number of carbonyl (C=O) groups excluding carboxylic acids is 1. The fourth-order valence-corrected chi connectivity index (χ4v) is 4.35. The maximum atomic E-state index is 13.0. The van der Waals surface area contributed by atoms with Gasteiger partial charge in [-0.1, -0.05) is 13.0 Å². The number of benzene rings is 1. The minimum atomic E-state index is 0.186. The molecule has 0 bridgehead atoms. The molecule has 0 unspecified atom stereocenters. The maximum absolute atomic E-state index is 13.0. The SMILES string of the molecule is CC1CCN(C(=O)c2ccc3[nH]c4c(c3c2)CN(C2=CC=C2)CC4)CC1. The molecule has 3 heterocycles. The summed E-state index contributed by atoms with van der Waals surface area (Å²) < 4.78 is 0. The van der Waals surface area contributed by atoms with Crippen molar-refractivity contribution in [3.63, 3.8) is 0 Å². The molecule has 0 spiro atoms. The highest BCUT2D eigenvalue weighted by Crippen LogP contribution is 2.31. The fourth-order valence-electron chi connectivity index (χ4n) is 4.35. The first-order valence-electron chi connectivity index (χ1n) is 9.75. The topological polar surface area (TPSA) is 39.3 Å². The predicted octanol–water partition coefficient (Wildman–Crippen LogP) is 3.85. The highest BCUT2D eigenvalue weighted by molar-refractivity contribution is 5.99. The lowest BCUT2D eigenvalue weighted by Gasteiger charge is -2.32. The van der Waals surface area contributed by atoms with E-state index in [4.69, 9.17) is 0 Å². The average molecular weight is 347 g/mol. The lowest BCUT2D eigenvalue weighted by molar-refractivity contribution is 0.0697. The molecular formula is C22H25N3O. The summed E-state index contributed by atoms with van der Waals surface area (Å²) >= 11 is 0. The van der Waals surface area contributed by atoms with Crippen LogP contribution >= 0.6 is 0 Å². The number of nitrogens with zero attached hydrogens (tertiary/aromatic N) is 2. The van der Waals surface area contributed by atoms with Crippen LogP contribution in [0.25, 0.3) is 10.9 Å². The van der Waals surface area contributed by atoms with Crippen molar-refractivity contribution in [1.29, 1.82) is 0 Å². The first kappa shape index (κ1) is 15.7. The molecule has 26 heavy (non-hydrogen) atoms. The van der Waals surface area contributed by atoms with Crippen molar-refractivity contribution in [2.45, 2.75) is 32.7 Å². The van der Waals surface area contributed by atoms with Gasteiger partial charge in [0, 0.05) is 66.0 Å². The smallest absolute Gasteiger partial charge is 0.253 e. The van der Waals surface area contributed by atoms with Crippen LogP contribution in [0.5, 0.6) is 0 Å². The maximum Gasteiger partial charge on any atom is 0.253 e. The van der Waals surface area contributed by atoms with Gasteiger partial charge < -0.3 is 14.8 Å². The molecule has 134 valence electrons. The molecule has 0 saturated carbocycles. The quantitative estimate of drug-likeness (QED) is 0.896. The lowest BCUT2D eigenvalue weighted by Crippen LogP contribution is -2.37. The van der Waals surface area contributed by atoms with Gasteiger partial charge in [0.05, 0.1) is 0 Å². The van der Waals surface area contributed by atoms with Gasteiger partial charge in [0.1, 0.15) is 0 Å². The van der Waals surface area contributed by atoms with E-state index in [0.29, 0.717) is 0 Å². The molecule has 1 fully saturated rings. The molecule has 4 nitrogen and oxygen atoms in total. The summed E-state index contributed by atoms with van der Waals surface area (Å²) in [6.07, 6.45) is 9.70. The predicted molar refractivity (Wildman–Crippen MR) is 104 cm³/mol. The summed E-state index contributed by atoms with van der Waals surface area (Å²) in [7, 11) is 0. The van der Waals surface area contributed by atoms with E-state index >= 15 is 0 Å². The number of fused-ring (bicyclic) bond motifs is 3. The van der Waals surface area contributed by atoms with Crippen LogP contribution in [0.3, 0.4) is 0 Å². The molecule has 1 amide bonds. The number of amides is 1. The molecule has 0 radical (unpaired) electrons. The summed E-state index contributed by atoms with van der Waals surface area (Å²) in [6.45, 7) is 6.02. The normalized spacial score (nSPS) is 20.1. The Kier molecular flexibility index (Phi) is 3.66. The van der Waals surface area contributed by atoms with Crippen LogP contribution in [0.1, 0.15) is 41.4 Å². The largest absolute Gasteiger partial charge is 0.367 e. The van der Waals surface area contributed by atoms with E-state index in [2.05, 4.69) is 47.2 Å². The van der Waals surface area contributed by atoms with Crippen molar-refractivity contribution >= 4 is 16.8 Å². The van der Waals surface area contributed by atoms with Crippen LogP contribution in [0.2, 0.25) is 0 Å². The van der Waals surface area contributed by atoms with E-state index in [1.165, 1.54) is 22.3 Å². The molecule has 1 aromatic heterocycles. The molecule has 4 heteroatoms. The molecule has 1 saturated heterocycles. The Labute approximate surface area is 154 Å². The molecule has 1 aromatic carbocycles. The Morgan fingerprint density at radius 2 is 2.00 bits per heavy atom. The van der Waals surface area contributed by atoms with Gasteiger partial charge in [-0.2, -0.15) is 0 Å². The van der Waals surface area contributed by atoms with E-state index in [9.17, 15) is 4.79 Å². The summed E-state index contributed by atoms with van der Waals surface area (Å²) in [5, 5.41) is 1.21. The van der Waals surface area contributed by atoms with E-state index in [-0.39, 0.29) is 5.91 Å². The van der Waals surface area contributed by atoms with Crippen molar-refractivity contribution in [1.82, 2.24) is 14.8 Å². The average Bonchev–Trinajstić information content (AvgIpc) is 2.98. The van der Waals surface area contributed by atoms with Gasteiger partial charge in [0.25, 0.3) is 5.91 Å². The first-order chi connectivity index (χ1) is 12.7. The van der Waals surface area contributed by atoms with Gasteiger partial charge >= 0.3 is 0 Å². The van der Waals surface area contributed by atoms with Gasteiger partial charge in [0.2, 0.25) is 0 Å². The minimum Gasteiger partial charge on any atom is -0.367 e. The zero-order chi connectivity index (χ0) is 17.7. The first-order valence-corrected chi connectivity index (χ1v) is 9.75. The lowest BCUT2D eigenvalue weighted by atomic mass is 9.98. The van der Waals surface area contributed by atoms with E-state index in [1.54, 1.807) is 0 Å². The van der Waals surface area contributed by atoms with Crippen molar-refractivity contribution < 1.29 is 4.79 Å². The molecular weight excluding hydrogens is 322 g/mol. The zero-order valence-electron chi connectivity index (χ0n) is 15.3. The number of rotatable bonds is 2. The number of nitrogens with one attached hydrogen (secondary N) is 1. The van der Waals surface area contributed by atoms with Crippen LogP contribution in [0, 0.1) is 5.92 Å². The molecule has 1 aliphatic carbocycles.